The average molecular weight is 362 g/mol. The number of nitrogens with one attached hydrogen (secondary N) is 1. The van der Waals surface area contributed by atoms with Crippen molar-refractivity contribution in [3.8, 4) is 17.0 Å². The summed E-state index contributed by atoms with van der Waals surface area (Å²) in [6, 6.07) is 6.06. The molecule has 0 atom stereocenters. The molecule has 1 aromatic heterocycles. The molecule has 1 N–H and O–H groups in total. The first-order chi connectivity index (χ1) is 12.1. The molecule has 4 nitrogen and oxygen atoms in total. The number of methoxy groups -OCH3 is 1. The van der Waals surface area contributed by atoms with E-state index in [1.54, 1.807) is 7.11 Å². The molecule has 0 fully saturated rings. The Balaban J connectivity index is 2.56. The van der Waals surface area contributed by atoms with E-state index in [0.717, 1.165) is 59.9 Å². The SMILES string of the molecule is CCc1nc(-c2ccc(Cl)cc2OC)c(CC)nc1NC(CC)CC. The maximum Gasteiger partial charge on any atom is 0.148 e. The topological polar surface area (TPSA) is 47.0 Å². The van der Waals surface area contributed by atoms with Gasteiger partial charge in [0.05, 0.1) is 24.2 Å². The number of nitrogens with zero attached hydrogens (tertiary/aromatic N) is 2. The number of hydrogen-bond donors (Lipinski definition) is 1. The molecule has 0 unspecified atom stereocenters. The molecular formula is C20H28ClN3O. The highest BCUT2D eigenvalue weighted by Crippen LogP contribution is 2.34. The fourth-order valence-corrected chi connectivity index (χ4v) is 3.04. The molecule has 0 aliphatic heterocycles. The number of anilines is 1. The highest BCUT2D eigenvalue weighted by Gasteiger charge is 2.18. The van der Waals surface area contributed by atoms with Crippen LogP contribution in [0.5, 0.6) is 5.75 Å². The van der Waals surface area contributed by atoms with Crippen molar-refractivity contribution < 1.29 is 4.74 Å². The van der Waals surface area contributed by atoms with Crippen molar-refractivity contribution in [1.82, 2.24) is 9.97 Å². The lowest BCUT2D eigenvalue weighted by Crippen LogP contribution is -2.20. The zero-order chi connectivity index (χ0) is 18.4. The summed E-state index contributed by atoms with van der Waals surface area (Å²) in [6.45, 7) is 8.58. The van der Waals surface area contributed by atoms with Gasteiger partial charge in [0, 0.05) is 16.6 Å². The van der Waals surface area contributed by atoms with Crippen LogP contribution in [0, 0.1) is 0 Å². The van der Waals surface area contributed by atoms with Gasteiger partial charge in [-0.3, -0.25) is 0 Å². The van der Waals surface area contributed by atoms with E-state index in [2.05, 4.69) is 33.0 Å². The van der Waals surface area contributed by atoms with Crippen LogP contribution >= 0.6 is 11.6 Å². The lowest BCUT2D eigenvalue weighted by atomic mass is 10.1. The predicted octanol–water partition coefficient (Wildman–Crippen LogP) is 5.53. The summed E-state index contributed by atoms with van der Waals surface area (Å²) < 4.78 is 5.52. The summed E-state index contributed by atoms with van der Waals surface area (Å²) in [5.41, 5.74) is 3.75. The van der Waals surface area contributed by atoms with E-state index in [9.17, 15) is 0 Å². The van der Waals surface area contributed by atoms with E-state index in [0.29, 0.717) is 11.1 Å². The molecule has 0 spiro atoms. The fraction of sp³-hybridized carbons (Fsp3) is 0.500. The molecule has 2 aromatic rings. The van der Waals surface area contributed by atoms with Crippen molar-refractivity contribution in [2.24, 2.45) is 0 Å². The first-order valence-electron chi connectivity index (χ1n) is 9.07. The van der Waals surface area contributed by atoms with Crippen molar-refractivity contribution in [2.75, 3.05) is 12.4 Å². The van der Waals surface area contributed by atoms with Crippen LogP contribution in [-0.4, -0.2) is 23.1 Å². The molecule has 25 heavy (non-hydrogen) atoms. The first-order valence-corrected chi connectivity index (χ1v) is 9.45. The van der Waals surface area contributed by atoms with E-state index in [1.165, 1.54) is 0 Å². The zero-order valence-electron chi connectivity index (χ0n) is 15.8. The van der Waals surface area contributed by atoms with Gasteiger partial charge in [0.1, 0.15) is 11.6 Å². The number of ether oxygens (including phenoxy) is 1. The summed E-state index contributed by atoms with van der Waals surface area (Å²) in [6.07, 6.45) is 3.75. The minimum absolute atomic E-state index is 0.417. The molecule has 5 heteroatoms. The quantitative estimate of drug-likeness (QED) is 0.671. The summed E-state index contributed by atoms with van der Waals surface area (Å²) in [4.78, 5) is 9.85. The number of rotatable bonds is 8. The molecule has 0 aliphatic carbocycles. The summed E-state index contributed by atoms with van der Waals surface area (Å²) >= 11 is 6.10. The molecule has 0 bridgehead atoms. The van der Waals surface area contributed by atoms with Gasteiger partial charge in [0.15, 0.2) is 0 Å². The third-order valence-corrected chi connectivity index (χ3v) is 4.69. The van der Waals surface area contributed by atoms with Crippen LogP contribution in [0.4, 0.5) is 5.82 Å². The molecular weight excluding hydrogens is 334 g/mol. The molecule has 0 amide bonds. The Labute approximate surface area is 156 Å². The van der Waals surface area contributed by atoms with Gasteiger partial charge in [-0.1, -0.05) is 39.3 Å². The Hall–Kier alpha value is -1.81. The zero-order valence-corrected chi connectivity index (χ0v) is 16.6. The molecule has 136 valence electrons. The number of aromatic nitrogens is 2. The van der Waals surface area contributed by atoms with Crippen molar-refractivity contribution in [3.63, 3.8) is 0 Å². The number of hydrogen-bond acceptors (Lipinski definition) is 4. The van der Waals surface area contributed by atoms with Crippen molar-refractivity contribution in [2.45, 2.75) is 59.4 Å². The van der Waals surface area contributed by atoms with Crippen LogP contribution in [0.1, 0.15) is 51.9 Å². The maximum absolute atomic E-state index is 6.10. The molecule has 0 radical (unpaired) electrons. The van der Waals surface area contributed by atoms with E-state index in [-0.39, 0.29) is 0 Å². The van der Waals surface area contributed by atoms with E-state index in [1.807, 2.05) is 18.2 Å². The van der Waals surface area contributed by atoms with E-state index < -0.39 is 0 Å². The third kappa shape index (κ3) is 4.43. The maximum atomic E-state index is 6.10. The third-order valence-electron chi connectivity index (χ3n) is 4.46. The molecule has 0 aliphatic rings. The van der Waals surface area contributed by atoms with Crippen molar-refractivity contribution >= 4 is 17.4 Å². The number of aryl methyl sites for hydroxylation is 2. The van der Waals surface area contributed by atoms with Crippen LogP contribution in [0.2, 0.25) is 5.02 Å². The lowest BCUT2D eigenvalue weighted by Gasteiger charge is -2.20. The van der Waals surface area contributed by atoms with Crippen LogP contribution in [-0.2, 0) is 12.8 Å². The highest BCUT2D eigenvalue weighted by molar-refractivity contribution is 6.30. The molecule has 2 rings (SSSR count). The first kappa shape index (κ1) is 19.5. The average Bonchev–Trinajstić information content (AvgIpc) is 2.65. The second-order valence-corrected chi connectivity index (χ2v) is 6.46. The fourth-order valence-electron chi connectivity index (χ4n) is 2.88. The highest BCUT2D eigenvalue weighted by atomic mass is 35.5. The standard InChI is InChI=1S/C20H28ClN3O/c1-6-14(7-2)22-20-17(9-4)23-19(16(8-3)24-20)15-11-10-13(21)12-18(15)25-5/h10-12,14H,6-9H2,1-5H3,(H,22,24). The van der Waals surface area contributed by atoms with Crippen LogP contribution in [0.15, 0.2) is 18.2 Å². The summed E-state index contributed by atoms with van der Waals surface area (Å²) in [7, 11) is 1.65. The smallest absolute Gasteiger partial charge is 0.148 e. The van der Waals surface area contributed by atoms with Crippen LogP contribution in [0.3, 0.4) is 0 Å². The molecule has 1 heterocycles. The largest absolute Gasteiger partial charge is 0.496 e. The second-order valence-electron chi connectivity index (χ2n) is 6.02. The molecule has 1 aromatic carbocycles. The number of halogens is 1. The Bertz CT molecular complexity index is 714. The Morgan fingerprint density at radius 1 is 1.04 bits per heavy atom. The van der Waals surface area contributed by atoms with Gasteiger partial charge in [-0.05, 0) is 43.9 Å². The predicted molar refractivity (Wildman–Crippen MR) is 106 cm³/mol. The summed E-state index contributed by atoms with van der Waals surface area (Å²) in [5.74, 6) is 1.63. The van der Waals surface area contributed by atoms with Crippen molar-refractivity contribution in [1.29, 1.82) is 0 Å². The van der Waals surface area contributed by atoms with Crippen LogP contribution in [0.25, 0.3) is 11.3 Å². The van der Waals surface area contributed by atoms with E-state index >= 15 is 0 Å². The monoisotopic (exact) mass is 361 g/mol. The van der Waals surface area contributed by atoms with Gasteiger partial charge in [0.25, 0.3) is 0 Å². The van der Waals surface area contributed by atoms with Crippen molar-refractivity contribution in [3.05, 3.63) is 34.6 Å². The van der Waals surface area contributed by atoms with E-state index in [4.69, 9.17) is 26.3 Å². The minimum atomic E-state index is 0.417. The van der Waals surface area contributed by atoms with Crippen LogP contribution < -0.4 is 10.1 Å². The Morgan fingerprint density at radius 2 is 1.72 bits per heavy atom. The summed E-state index contributed by atoms with van der Waals surface area (Å²) in [5, 5.41) is 4.21. The van der Waals surface area contributed by atoms with Gasteiger partial charge in [-0.15, -0.1) is 0 Å². The van der Waals surface area contributed by atoms with Gasteiger partial charge < -0.3 is 10.1 Å². The second kappa shape index (κ2) is 9.04. The Kier molecular flexibility index (Phi) is 7.06. The van der Waals surface area contributed by atoms with Gasteiger partial charge in [-0.25, -0.2) is 9.97 Å². The minimum Gasteiger partial charge on any atom is -0.496 e. The normalized spacial score (nSPS) is 11.0. The van der Waals surface area contributed by atoms with Gasteiger partial charge in [0.2, 0.25) is 0 Å². The Morgan fingerprint density at radius 3 is 2.28 bits per heavy atom. The molecule has 0 saturated carbocycles. The number of benzene rings is 1. The molecule has 0 saturated heterocycles. The van der Waals surface area contributed by atoms with Gasteiger partial charge >= 0.3 is 0 Å². The lowest BCUT2D eigenvalue weighted by molar-refractivity contribution is 0.416. The van der Waals surface area contributed by atoms with Gasteiger partial charge in [-0.2, -0.15) is 0 Å².